The van der Waals surface area contributed by atoms with Gasteiger partial charge in [0, 0.05) is 36.1 Å². The predicted octanol–water partition coefficient (Wildman–Crippen LogP) is 3.57. The number of aromatic nitrogens is 1. The molecule has 1 saturated heterocycles. The van der Waals surface area contributed by atoms with Crippen molar-refractivity contribution in [1.82, 2.24) is 14.8 Å². The van der Waals surface area contributed by atoms with Gasteiger partial charge in [-0.15, -0.1) is 0 Å². The molecule has 37 heavy (non-hydrogen) atoms. The predicted molar refractivity (Wildman–Crippen MR) is 144 cm³/mol. The zero-order valence-electron chi connectivity index (χ0n) is 21.1. The molecule has 192 valence electrons. The number of sulfone groups is 1. The lowest BCUT2D eigenvalue weighted by Crippen LogP contribution is -2.34. The highest BCUT2D eigenvalue weighted by Crippen LogP contribution is 2.36. The molecule has 0 radical (unpaired) electrons. The van der Waals surface area contributed by atoms with Crippen molar-refractivity contribution in [3.05, 3.63) is 82.7 Å². The number of nitrogens with zero attached hydrogens (tertiary/aromatic N) is 2. The summed E-state index contributed by atoms with van der Waals surface area (Å²) in [6, 6.07) is 15.8. The van der Waals surface area contributed by atoms with Crippen LogP contribution in [0.2, 0.25) is 0 Å². The van der Waals surface area contributed by atoms with Gasteiger partial charge in [0.05, 0.1) is 27.5 Å². The SMILES string of the molecule is Cc1cc(C(=O)N2CCC(N(C)C)C2)c(C=C2C(=O)Nc3ccc(S(=O)(=O)Cc4ccccc4)cc32)[nH]1. The minimum Gasteiger partial charge on any atom is -0.358 e. The van der Waals surface area contributed by atoms with Crippen molar-refractivity contribution < 1.29 is 18.0 Å². The summed E-state index contributed by atoms with van der Waals surface area (Å²) in [4.78, 5) is 33.6. The lowest BCUT2D eigenvalue weighted by molar-refractivity contribution is -0.110. The van der Waals surface area contributed by atoms with Crippen LogP contribution in [0.3, 0.4) is 0 Å². The number of likely N-dealkylation sites (N-methyl/N-ethyl adjacent to an activating group) is 1. The van der Waals surface area contributed by atoms with Crippen LogP contribution in [-0.4, -0.2) is 68.2 Å². The number of likely N-dealkylation sites (tertiary alicyclic amines) is 1. The molecular weight excluding hydrogens is 488 g/mol. The molecule has 0 aliphatic carbocycles. The van der Waals surface area contributed by atoms with Gasteiger partial charge in [-0.1, -0.05) is 30.3 Å². The Bertz CT molecular complexity index is 1510. The van der Waals surface area contributed by atoms with Crippen molar-refractivity contribution in [2.24, 2.45) is 0 Å². The number of aryl methyl sites for hydroxylation is 1. The Balaban J connectivity index is 1.48. The van der Waals surface area contributed by atoms with Crippen LogP contribution in [0.1, 0.15) is 39.3 Å². The number of hydrogen-bond donors (Lipinski definition) is 2. The van der Waals surface area contributed by atoms with Gasteiger partial charge in [0.1, 0.15) is 0 Å². The molecule has 1 unspecified atom stereocenters. The van der Waals surface area contributed by atoms with Crippen LogP contribution >= 0.6 is 0 Å². The highest BCUT2D eigenvalue weighted by molar-refractivity contribution is 7.90. The lowest BCUT2D eigenvalue weighted by atomic mass is 10.0. The van der Waals surface area contributed by atoms with E-state index in [2.05, 4.69) is 15.2 Å². The Kier molecular flexibility index (Phi) is 6.51. The van der Waals surface area contributed by atoms with Gasteiger partial charge < -0.3 is 20.1 Å². The second-order valence-corrected chi connectivity index (χ2v) is 11.9. The van der Waals surface area contributed by atoms with Gasteiger partial charge in [-0.25, -0.2) is 8.42 Å². The topological polar surface area (TPSA) is 103 Å². The molecule has 0 bridgehead atoms. The number of carbonyl (C=O) groups is 2. The summed E-state index contributed by atoms with van der Waals surface area (Å²) in [7, 11) is 0.398. The van der Waals surface area contributed by atoms with Crippen molar-refractivity contribution >= 4 is 39.0 Å². The average Bonchev–Trinajstić information content (AvgIpc) is 3.57. The molecular formula is C28H30N4O4S. The van der Waals surface area contributed by atoms with Gasteiger partial charge >= 0.3 is 0 Å². The Morgan fingerprint density at radius 3 is 2.59 bits per heavy atom. The Morgan fingerprint density at radius 2 is 1.89 bits per heavy atom. The van der Waals surface area contributed by atoms with E-state index in [4.69, 9.17) is 0 Å². The van der Waals surface area contributed by atoms with Gasteiger partial charge in [0.2, 0.25) is 0 Å². The second kappa shape index (κ2) is 9.64. The number of anilines is 1. The van der Waals surface area contributed by atoms with Crippen molar-refractivity contribution in [3.8, 4) is 0 Å². The fraction of sp³-hybridized carbons (Fsp3) is 0.286. The number of H-pyrrole nitrogens is 1. The summed E-state index contributed by atoms with van der Waals surface area (Å²) in [5.74, 6) is -0.559. The number of nitrogens with one attached hydrogen (secondary N) is 2. The molecule has 2 aliphatic rings. The number of hydrogen-bond acceptors (Lipinski definition) is 5. The van der Waals surface area contributed by atoms with Gasteiger partial charge in [-0.2, -0.15) is 0 Å². The fourth-order valence-corrected chi connectivity index (χ4v) is 6.31. The average molecular weight is 519 g/mol. The van der Waals surface area contributed by atoms with E-state index in [0.29, 0.717) is 52.8 Å². The molecule has 3 aromatic rings. The molecule has 2 amide bonds. The smallest absolute Gasteiger partial charge is 0.256 e. The van der Waals surface area contributed by atoms with Crippen molar-refractivity contribution in [1.29, 1.82) is 0 Å². The molecule has 1 fully saturated rings. The normalized spacial score (nSPS) is 18.5. The van der Waals surface area contributed by atoms with Crippen molar-refractivity contribution in [3.63, 3.8) is 0 Å². The number of fused-ring (bicyclic) bond motifs is 1. The van der Waals surface area contributed by atoms with Crippen LogP contribution in [-0.2, 0) is 20.4 Å². The summed E-state index contributed by atoms with van der Waals surface area (Å²) in [6.45, 7) is 3.19. The summed E-state index contributed by atoms with van der Waals surface area (Å²) < 4.78 is 26.3. The number of benzene rings is 2. The Labute approximate surface area is 216 Å². The first-order valence-corrected chi connectivity index (χ1v) is 13.9. The van der Waals surface area contributed by atoms with E-state index in [-0.39, 0.29) is 22.5 Å². The summed E-state index contributed by atoms with van der Waals surface area (Å²) in [5.41, 5.74) is 3.88. The number of carbonyl (C=O) groups excluding carboxylic acids is 2. The molecule has 1 atom stereocenters. The molecule has 2 aromatic carbocycles. The molecule has 8 nitrogen and oxygen atoms in total. The van der Waals surface area contributed by atoms with E-state index >= 15 is 0 Å². The van der Waals surface area contributed by atoms with E-state index < -0.39 is 9.84 Å². The van der Waals surface area contributed by atoms with Gasteiger partial charge in [0.25, 0.3) is 11.8 Å². The zero-order chi connectivity index (χ0) is 26.3. The third-order valence-electron chi connectivity index (χ3n) is 7.02. The van der Waals surface area contributed by atoms with Crippen LogP contribution in [0.15, 0.2) is 59.5 Å². The maximum atomic E-state index is 13.4. The van der Waals surface area contributed by atoms with E-state index in [1.165, 1.54) is 12.1 Å². The number of rotatable bonds is 6. The maximum absolute atomic E-state index is 13.4. The Morgan fingerprint density at radius 1 is 1.14 bits per heavy atom. The maximum Gasteiger partial charge on any atom is 0.256 e. The summed E-state index contributed by atoms with van der Waals surface area (Å²) >= 11 is 0. The van der Waals surface area contributed by atoms with Crippen LogP contribution in [0.4, 0.5) is 5.69 Å². The van der Waals surface area contributed by atoms with Gasteiger partial charge in [0.15, 0.2) is 9.84 Å². The molecule has 9 heteroatoms. The largest absolute Gasteiger partial charge is 0.358 e. The van der Waals surface area contributed by atoms with Crippen LogP contribution in [0.25, 0.3) is 11.6 Å². The highest BCUT2D eigenvalue weighted by Gasteiger charge is 2.31. The van der Waals surface area contributed by atoms with E-state index in [1.54, 1.807) is 42.5 Å². The quantitative estimate of drug-likeness (QED) is 0.486. The minimum atomic E-state index is -3.63. The van der Waals surface area contributed by atoms with E-state index in [9.17, 15) is 18.0 Å². The van der Waals surface area contributed by atoms with Crippen LogP contribution < -0.4 is 5.32 Å². The highest BCUT2D eigenvalue weighted by atomic mass is 32.2. The first kappa shape index (κ1) is 25.0. The third-order valence-corrected chi connectivity index (χ3v) is 8.70. The fourth-order valence-electron chi connectivity index (χ4n) is 4.94. The third kappa shape index (κ3) is 4.97. The molecule has 0 saturated carbocycles. The molecule has 0 spiro atoms. The standard InChI is InChI=1S/C28H30N4O4S/c1-18-13-24(28(34)32-12-11-20(16-32)31(2)3)26(29-18)15-23-22-14-21(9-10-25(22)30-27(23)33)37(35,36)17-19-7-5-4-6-8-19/h4-10,13-15,20,29H,11-12,16-17H2,1-3H3,(H,30,33). The molecule has 2 N–H and O–H groups in total. The van der Waals surface area contributed by atoms with E-state index in [1.807, 2.05) is 32.0 Å². The van der Waals surface area contributed by atoms with Crippen molar-refractivity contribution in [2.75, 3.05) is 32.5 Å². The Hall–Kier alpha value is -3.69. The molecule has 2 aliphatic heterocycles. The second-order valence-electron chi connectivity index (χ2n) is 9.90. The van der Waals surface area contributed by atoms with Gasteiger partial charge in [-0.05, 0) is 63.3 Å². The van der Waals surface area contributed by atoms with Crippen LogP contribution in [0.5, 0.6) is 0 Å². The zero-order valence-corrected chi connectivity index (χ0v) is 21.9. The molecule has 3 heterocycles. The summed E-state index contributed by atoms with van der Waals surface area (Å²) in [6.07, 6.45) is 2.56. The van der Waals surface area contributed by atoms with Crippen molar-refractivity contribution in [2.45, 2.75) is 30.0 Å². The van der Waals surface area contributed by atoms with Gasteiger partial charge in [-0.3, -0.25) is 9.59 Å². The molecule has 1 aromatic heterocycles. The number of amides is 2. The minimum absolute atomic E-state index is 0.0848. The lowest BCUT2D eigenvalue weighted by Gasteiger charge is -2.20. The number of aromatic amines is 1. The molecule has 5 rings (SSSR count). The monoisotopic (exact) mass is 518 g/mol. The summed E-state index contributed by atoms with van der Waals surface area (Å²) in [5, 5.41) is 2.81. The first-order valence-electron chi connectivity index (χ1n) is 12.2. The van der Waals surface area contributed by atoms with Crippen LogP contribution in [0, 0.1) is 6.92 Å². The first-order chi connectivity index (χ1) is 17.6. The van der Waals surface area contributed by atoms with E-state index in [0.717, 1.165) is 12.1 Å².